The molecule has 0 saturated carbocycles. The minimum absolute atomic E-state index is 0.239. The molecule has 1 aromatic rings. The number of nitrogens with one attached hydrogen (secondary N) is 1. The Morgan fingerprint density at radius 1 is 1.41 bits per heavy atom. The van der Waals surface area contributed by atoms with Crippen molar-refractivity contribution in [2.45, 2.75) is 25.4 Å². The van der Waals surface area contributed by atoms with E-state index in [-0.39, 0.29) is 5.82 Å². The molecule has 4 heteroatoms. The highest BCUT2D eigenvalue weighted by molar-refractivity contribution is 5.10. The molecule has 2 fully saturated rings. The maximum Gasteiger partial charge on any atom is 0.141 e. The molecule has 2 saturated heterocycles. The number of likely N-dealkylation sites (tertiary alicyclic amines) is 1. The fourth-order valence-corrected chi connectivity index (χ4v) is 3.07. The SMILES string of the molecule is Fc1cncc(CN2CC3CCCNC3C2)c1. The van der Waals surface area contributed by atoms with E-state index in [1.54, 1.807) is 12.3 Å². The number of halogens is 1. The Bertz CT molecular complexity index is 382. The first-order chi connectivity index (χ1) is 8.31. The van der Waals surface area contributed by atoms with Gasteiger partial charge in [0.25, 0.3) is 0 Å². The molecular weight excluding hydrogens is 217 g/mol. The number of aromatic nitrogens is 1. The van der Waals surface area contributed by atoms with Crippen molar-refractivity contribution in [3.05, 3.63) is 29.8 Å². The highest BCUT2D eigenvalue weighted by Gasteiger charge is 2.33. The molecular formula is C13H18FN3. The lowest BCUT2D eigenvalue weighted by molar-refractivity contribution is 0.312. The van der Waals surface area contributed by atoms with Crippen LogP contribution in [-0.2, 0) is 6.54 Å². The minimum atomic E-state index is -0.239. The maximum atomic E-state index is 13.0. The molecule has 0 bridgehead atoms. The van der Waals surface area contributed by atoms with Crippen molar-refractivity contribution in [1.29, 1.82) is 0 Å². The van der Waals surface area contributed by atoms with Crippen LogP contribution in [0, 0.1) is 11.7 Å². The molecule has 1 aromatic heterocycles. The van der Waals surface area contributed by atoms with Gasteiger partial charge in [-0.2, -0.15) is 0 Å². The summed E-state index contributed by atoms with van der Waals surface area (Å²) in [5.74, 6) is 0.544. The lowest BCUT2D eigenvalue weighted by Gasteiger charge is -2.24. The van der Waals surface area contributed by atoms with Gasteiger partial charge in [-0.3, -0.25) is 9.88 Å². The number of pyridine rings is 1. The van der Waals surface area contributed by atoms with Gasteiger partial charge in [-0.15, -0.1) is 0 Å². The second-order valence-corrected chi connectivity index (χ2v) is 5.17. The molecule has 0 aromatic carbocycles. The van der Waals surface area contributed by atoms with Gasteiger partial charge >= 0.3 is 0 Å². The second-order valence-electron chi connectivity index (χ2n) is 5.17. The monoisotopic (exact) mass is 235 g/mol. The standard InChI is InChI=1S/C13H18FN3/c14-12-4-10(5-15-6-12)7-17-8-11-2-1-3-16-13(11)9-17/h4-6,11,13,16H,1-3,7-9H2. The van der Waals surface area contributed by atoms with Crippen molar-refractivity contribution in [3.63, 3.8) is 0 Å². The molecule has 0 amide bonds. The highest BCUT2D eigenvalue weighted by Crippen LogP contribution is 2.25. The Morgan fingerprint density at radius 3 is 3.18 bits per heavy atom. The summed E-state index contributed by atoms with van der Waals surface area (Å²) in [7, 11) is 0. The first-order valence-electron chi connectivity index (χ1n) is 6.36. The van der Waals surface area contributed by atoms with Crippen LogP contribution in [0.15, 0.2) is 18.5 Å². The van der Waals surface area contributed by atoms with Crippen LogP contribution in [0.5, 0.6) is 0 Å². The van der Waals surface area contributed by atoms with E-state index in [9.17, 15) is 4.39 Å². The van der Waals surface area contributed by atoms with Crippen molar-refractivity contribution in [3.8, 4) is 0 Å². The maximum absolute atomic E-state index is 13.0. The summed E-state index contributed by atoms with van der Waals surface area (Å²) in [6, 6.07) is 2.23. The van der Waals surface area contributed by atoms with Crippen LogP contribution in [0.25, 0.3) is 0 Å². The molecule has 17 heavy (non-hydrogen) atoms. The zero-order valence-electron chi connectivity index (χ0n) is 9.90. The number of hydrogen-bond acceptors (Lipinski definition) is 3. The fraction of sp³-hybridized carbons (Fsp3) is 0.615. The van der Waals surface area contributed by atoms with Gasteiger partial charge in [0, 0.05) is 31.9 Å². The van der Waals surface area contributed by atoms with Crippen LogP contribution in [0.1, 0.15) is 18.4 Å². The molecule has 2 atom stereocenters. The number of rotatable bonds is 2. The van der Waals surface area contributed by atoms with Gasteiger partial charge in [0.05, 0.1) is 6.20 Å². The van der Waals surface area contributed by atoms with E-state index in [1.807, 2.05) is 0 Å². The van der Waals surface area contributed by atoms with Gasteiger partial charge < -0.3 is 5.32 Å². The van der Waals surface area contributed by atoms with Crippen LogP contribution in [0.4, 0.5) is 4.39 Å². The normalized spacial score (nSPS) is 29.2. The molecule has 92 valence electrons. The lowest BCUT2D eigenvalue weighted by atomic mass is 9.94. The molecule has 2 unspecified atom stereocenters. The average Bonchev–Trinajstić information content (AvgIpc) is 2.71. The Morgan fingerprint density at radius 2 is 2.35 bits per heavy atom. The topological polar surface area (TPSA) is 28.2 Å². The van der Waals surface area contributed by atoms with Crippen LogP contribution < -0.4 is 5.32 Å². The van der Waals surface area contributed by atoms with Crippen molar-refractivity contribution in [1.82, 2.24) is 15.2 Å². The van der Waals surface area contributed by atoms with Gasteiger partial charge in [0.15, 0.2) is 0 Å². The van der Waals surface area contributed by atoms with Gasteiger partial charge in [0.2, 0.25) is 0 Å². The first-order valence-corrected chi connectivity index (χ1v) is 6.36. The van der Waals surface area contributed by atoms with Gasteiger partial charge in [0.1, 0.15) is 5.82 Å². The molecule has 2 aliphatic rings. The van der Waals surface area contributed by atoms with E-state index in [4.69, 9.17) is 0 Å². The van der Waals surface area contributed by atoms with Crippen LogP contribution >= 0.6 is 0 Å². The quantitative estimate of drug-likeness (QED) is 0.840. The van der Waals surface area contributed by atoms with E-state index >= 15 is 0 Å². The van der Waals surface area contributed by atoms with Gasteiger partial charge in [-0.05, 0) is 36.9 Å². The Hall–Kier alpha value is -1.00. The van der Waals surface area contributed by atoms with Crippen molar-refractivity contribution in [2.24, 2.45) is 5.92 Å². The number of fused-ring (bicyclic) bond motifs is 1. The number of piperidine rings is 1. The molecule has 3 nitrogen and oxygen atoms in total. The molecule has 0 aliphatic carbocycles. The predicted molar refractivity (Wildman–Crippen MR) is 64.0 cm³/mol. The third-order valence-corrected chi connectivity index (χ3v) is 3.84. The second kappa shape index (κ2) is 4.70. The summed E-state index contributed by atoms with van der Waals surface area (Å²) < 4.78 is 13.0. The van der Waals surface area contributed by atoms with Crippen molar-refractivity contribution >= 4 is 0 Å². The van der Waals surface area contributed by atoms with Crippen LogP contribution in [0.2, 0.25) is 0 Å². The van der Waals surface area contributed by atoms with E-state index in [1.165, 1.54) is 19.0 Å². The van der Waals surface area contributed by atoms with E-state index in [0.29, 0.717) is 6.04 Å². The summed E-state index contributed by atoms with van der Waals surface area (Å²) >= 11 is 0. The molecule has 3 heterocycles. The number of nitrogens with zero attached hydrogens (tertiary/aromatic N) is 2. The average molecular weight is 235 g/mol. The largest absolute Gasteiger partial charge is 0.312 e. The fourth-order valence-electron chi connectivity index (χ4n) is 3.07. The predicted octanol–water partition coefficient (Wildman–Crippen LogP) is 1.40. The smallest absolute Gasteiger partial charge is 0.141 e. The van der Waals surface area contributed by atoms with Gasteiger partial charge in [-0.25, -0.2) is 4.39 Å². The van der Waals surface area contributed by atoms with Crippen LogP contribution in [0.3, 0.4) is 0 Å². The van der Waals surface area contributed by atoms with Crippen molar-refractivity contribution < 1.29 is 4.39 Å². The zero-order chi connectivity index (χ0) is 11.7. The third-order valence-electron chi connectivity index (χ3n) is 3.84. The molecule has 0 spiro atoms. The van der Waals surface area contributed by atoms with Crippen LogP contribution in [-0.4, -0.2) is 35.6 Å². The molecule has 2 aliphatic heterocycles. The summed E-state index contributed by atoms with van der Waals surface area (Å²) in [6.45, 7) is 4.19. The highest BCUT2D eigenvalue weighted by atomic mass is 19.1. The molecule has 0 radical (unpaired) electrons. The zero-order valence-corrected chi connectivity index (χ0v) is 9.90. The first kappa shape index (κ1) is 11.1. The van der Waals surface area contributed by atoms with E-state index < -0.39 is 0 Å². The summed E-state index contributed by atoms with van der Waals surface area (Å²) in [4.78, 5) is 6.31. The third kappa shape index (κ3) is 2.48. The summed E-state index contributed by atoms with van der Waals surface area (Å²) in [5, 5.41) is 3.58. The Balaban J connectivity index is 1.63. The Labute approximate surface area is 101 Å². The van der Waals surface area contributed by atoms with Gasteiger partial charge in [-0.1, -0.05) is 0 Å². The Kier molecular flexibility index (Phi) is 3.07. The van der Waals surface area contributed by atoms with E-state index in [0.717, 1.165) is 37.7 Å². The molecule has 3 rings (SSSR count). The van der Waals surface area contributed by atoms with Crippen molar-refractivity contribution in [2.75, 3.05) is 19.6 Å². The summed E-state index contributed by atoms with van der Waals surface area (Å²) in [6.07, 6.45) is 5.64. The molecule has 1 N–H and O–H groups in total. The number of hydrogen-bond donors (Lipinski definition) is 1. The lowest BCUT2D eigenvalue weighted by Crippen LogP contribution is -2.40. The van der Waals surface area contributed by atoms with E-state index in [2.05, 4.69) is 15.2 Å². The summed E-state index contributed by atoms with van der Waals surface area (Å²) in [5.41, 5.74) is 0.976. The minimum Gasteiger partial charge on any atom is -0.312 e.